The summed E-state index contributed by atoms with van der Waals surface area (Å²) < 4.78 is 17.0. The number of aromatic nitrogens is 1. The van der Waals surface area contributed by atoms with E-state index in [1.807, 2.05) is 12.1 Å². The van der Waals surface area contributed by atoms with Crippen LogP contribution >= 0.6 is 0 Å². The van der Waals surface area contributed by atoms with Gasteiger partial charge in [-0.1, -0.05) is 0 Å². The fraction of sp³-hybridized carbons (Fsp3) is 0.643. The minimum Gasteiger partial charge on any atom is -0.476 e. The molecule has 1 aromatic heterocycles. The van der Waals surface area contributed by atoms with Gasteiger partial charge in [0.2, 0.25) is 11.8 Å². The van der Waals surface area contributed by atoms with Crippen LogP contribution in [0, 0.1) is 0 Å². The Morgan fingerprint density at radius 1 is 1.32 bits per heavy atom. The van der Waals surface area contributed by atoms with Crippen LogP contribution in [0.1, 0.15) is 24.8 Å². The second kappa shape index (κ2) is 6.21. The van der Waals surface area contributed by atoms with Crippen molar-refractivity contribution in [2.24, 2.45) is 0 Å². The highest BCUT2D eigenvalue weighted by molar-refractivity contribution is 5.31. The van der Waals surface area contributed by atoms with Crippen LogP contribution in [-0.4, -0.2) is 37.5 Å². The highest BCUT2D eigenvalue weighted by atomic mass is 16.5. The van der Waals surface area contributed by atoms with E-state index in [0.717, 1.165) is 38.1 Å². The Morgan fingerprint density at radius 3 is 3.21 bits per heavy atom. The Kier molecular flexibility index (Phi) is 4.15. The summed E-state index contributed by atoms with van der Waals surface area (Å²) in [6.45, 7) is 3.72. The average molecular weight is 264 g/mol. The number of nitrogens with one attached hydrogen (secondary N) is 1. The molecule has 0 saturated carbocycles. The van der Waals surface area contributed by atoms with Gasteiger partial charge in [-0.25, -0.2) is 0 Å². The van der Waals surface area contributed by atoms with Gasteiger partial charge >= 0.3 is 0 Å². The number of hydrogen-bond donors (Lipinski definition) is 1. The first-order valence-corrected chi connectivity index (χ1v) is 7.00. The molecular weight excluding hydrogens is 244 g/mol. The molecule has 5 heteroatoms. The molecule has 1 aromatic rings. The largest absolute Gasteiger partial charge is 0.476 e. The molecule has 2 aliphatic rings. The van der Waals surface area contributed by atoms with E-state index in [-0.39, 0.29) is 6.10 Å². The molecule has 0 bridgehead atoms. The molecule has 1 saturated heterocycles. The van der Waals surface area contributed by atoms with Crippen molar-refractivity contribution in [2.75, 3.05) is 26.4 Å². The molecule has 1 fully saturated rings. The molecule has 5 nitrogen and oxygen atoms in total. The molecular formula is C14H20N2O3. The quantitative estimate of drug-likeness (QED) is 0.897. The van der Waals surface area contributed by atoms with E-state index in [4.69, 9.17) is 14.2 Å². The van der Waals surface area contributed by atoms with E-state index in [9.17, 15) is 0 Å². The first-order valence-electron chi connectivity index (χ1n) is 7.00. The molecule has 0 aliphatic carbocycles. The predicted molar refractivity (Wildman–Crippen MR) is 70.5 cm³/mol. The van der Waals surface area contributed by atoms with Gasteiger partial charge < -0.3 is 19.5 Å². The zero-order valence-electron chi connectivity index (χ0n) is 11.1. The predicted octanol–water partition coefficient (Wildman–Crippen LogP) is 1.51. The lowest BCUT2D eigenvalue weighted by Crippen LogP contribution is -2.26. The summed E-state index contributed by atoms with van der Waals surface area (Å²) in [6, 6.07) is 3.91. The summed E-state index contributed by atoms with van der Waals surface area (Å²) >= 11 is 0. The Morgan fingerprint density at radius 2 is 2.32 bits per heavy atom. The first kappa shape index (κ1) is 12.7. The summed E-state index contributed by atoms with van der Waals surface area (Å²) in [5, 5.41) is 3.28. The average Bonchev–Trinajstić information content (AvgIpc) is 2.71. The molecule has 3 rings (SSSR count). The normalized spacial score (nSPS) is 23.1. The summed E-state index contributed by atoms with van der Waals surface area (Å²) in [6.07, 6.45) is 3.66. The Bertz CT molecular complexity index is 419. The van der Waals surface area contributed by atoms with Crippen molar-refractivity contribution in [2.45, 2.75) is 31.9 Å². The monoisotopic (exact) mass is 264 g/mol. The number of rotatable bonds is 3. The van der Waals surface area contributed by atoms with Crippen molar-refractivity contribution in [3.63, 3.8) is 0 Å². The fourth-order valence-corrected chi connectivity index (χ4v) is 2.35. The Balaban J connectivity index is 1.60. The van der Waals surface area contributed by atoms with Crippen molar-refractivity contribution in [3.8, 4) is 11.8 Å². The number of ether oxygens (including phenoxy) is 3. The van der Waals surface area contributed by atoms with E-state index in [1.165, 1.54) is 6.42 Å². The van der Waals surface area contributed by atoms with Crippen LogP contribution in [0.25, 0.3) is 0 Å². The molecule has 0 spiro atoms. The lowest BCUT2D eigenvalue weighted by atomic mass is 10.1. The van der Waals surface area contributed by atoms with Gasteiger partial charge in [0.25, 0.3) is 0 Å². The van der Waals surface area contributed by atoms with Crippen LogP contribution in [0.2, 0.25) is 0 Å². The van der Waals surface area contributed by atoms with Crippen LogP contribution in [0.5, 0.6) is 11.8 Å². The third-order valence-electron chi connectivity index (χ3n) is 3.44. The molecule has 1 N–H and O–H groups in total. The lowest BCUT2D eigenvalue weighted by Gasteiger charge is -2.22. The summed E-state index contributed by atoms with van der Waals surface area (Å²) in [7, 11) is 0. The van der Waals surface area contributed by atoms with Crippen molar-refractivity contribution in [1.82, 2.24) is 10.3 Å². The van der Waals surface area contributed by atoms with E-state index >= 15 is 0 Å². The second-order valence-corrected chi connectivity index (χ2v) is 4.94. The molecule has 104 valence electrons. The van der Waals surface area contributed by atoms with Gasteiger partial charge in [0.15, 0.2) is 0 Å². The van der Waals surface area contributed by atoms with Crippen LogP contribution in [0.4, 0.5) is 0 Å². The summed E-state index contributed by atoms with van der Waals surface area (Å²) in [5.41, 5.74) is 1.08. The van der Waals surface area contributed by atoms with Crippen molar-refractivity contribution in [1.29, 1.82) is 0 Å². The highest BCUT2D eigenvalue weighted by Crippen LogP contribution is 2.22. The first-order chi connectivity index (χ1) is 9.42. The van der Waals surface area contributed by atoms with E-state index in [0.29, 0.717) is 25.0 Å². The zero-order valence-corrected chi connectivity index (χ0v) is 11.1. The number of pyridine rings is 1. The van der Waals surface area contributed by atoms with Gasteiger partial charge in [-0.2, -0.15) is 4.98 Å². The lowest BCUT2D eigenvalue weighted by molar-refractivity contribution is -0.0120. The van der Waals surface area contributed by atoms with Crippen LogP contribution in [0.3, 0.4) is 0 Å². The third kappa shape index (κ3) is 3.36. The van der Waals surface area contributed by atoms with E-state index < -0.39 is 0 Å². The Labute approximate surface area is 113 Å². The molecule has 2 aliphatic heterocycles. The van der Waals surface area contributed by atoms with Gasteiger partial charge in [0.1, 0.15) is 13.2 Å². The number of nitrogens with zero attached hydrogens (tertiary/aromatic N) is 1. The number of hydrogen-bond acceptors (Lipinski definition) is 5. The molecule has 0 radical (unpaired) electrons. The van der Waals surface area contributed by atoms with E-state index in [1.54, 1.807) is 0 Å². The summed E-state index contributed by atoms with van der Waals surface area (Å²) in [4.78, 5) is 4.42. The molecule has 0 aromatic carbocycles. The van der Waals surface area contributed by atoms with Crippen molar-refractivity contribution < 1.29 is 14.2 Å². The second-order valence-electron chi connectivity index (χ2n) is 4.94. The standard InChI is InChI=1S/C14H20N2O3/c1-2-7-17-12(3-1)10-19-13-5-4-11-9-15-6-8-18-14(11)16-13/h4-5,12,15H,1-3,6-10H2. The molecule has 19 heavy (non-hydrogen) atoms. The minimum absolute atomic E-state index is 0.206. The molecule has 0 amide bonds. The fourth-order valence-electron chi connectivity index (χ4n) is 2.35. The van der Waals surface area contributed by atoms with Crippen molar-refractivity contribution in [3.05, 3.63) is 17.7 Å². The van der Waals surface area contributed by atoms with Crippen LogP contribution in [0.15, 0.2) is 12.1 Å². The van der Waals surface area contributed by atoms with Crippen LogP contribution in [-0.2, 0) is 11.3 Å². The Hall–Kier alpha value is -1.33. The highest BCUT2D eigenvalue weighted by Gasteiger charge is 2.16. The third-order valence-corrected chi connectivity index (χ3v) is 3.44. The van der Waals surface area contributed by atoms with Crippen LogP contribution < -0.4 is 14.8 Å². The van der Waals surface area contributed by atoms with Gasteiger partial charge in [-0.05, 0) is 25.3 Å². The number of fused-ring (bicyclic) bond motifs is 1. The maximum absolute atomic E-state index is 5.72. The summed E-state index contributed by atoms with van der Waals surface area (Å²) in [5.74, 6) is 1.31. The molecule has 1 unspecified atom stereocenters. The zero-order chi connectivity index (χ0) is 12.9. The van der Waals surface area contributed by atoms with Gasteiger partial charge in [0.05, 0.1) is 6.10 Å². The van der Waals surface area contributed by atoms with Gasteiger partial charge in [-0.3, -0.25) is 0 Å². The maximum Gasteiger partial charge on any atom is 0.221 e. The smallest absolute Gasteiger partial charge is 0.221 e. The topological polar surface area (TPSA) is 52.6 Å². The van der Waals surface area contributed by atoms with E-state index in [2.05, 4.69) is 10.3 Å². The van der Waals surface area contributed by atoms with Crippen molar-refractivity contribution >= 4 is 0 Å². The SMILES string of the molecule is c1cc2c(nc1OCC1CCCCO1)OCCNC2. The minimum atomic E-state index is 0.206. The maximum atomic E-state index is 5.72. The van der Waals surface area contributed by atoms with Gasteiger partial charge in [-0.15, -0.1) is 0 Å². The molecule has 3 heterocycles. The molecule has 1 atom stereocenters. The van der Waals surface area contributed by atoms with Gasteiger partial charge in [0, 0.05) is 31.3 Å².